The first-order chi connectivity index (χ1) is 6.81. The lowest BCUT2D eigenvalue weighted by Crippen LogP contribution is -2.22. The Morgan fingerprint density at radius 2 is 1.86 bits per heavy atom. The molecular formula is C10H23NO2S. The van der Waals surface area contributed by atoms with Crippen LogP contribution in [0.15, 0.2) is 0 Å². The van der Waals surface area contributed by atoms with E-state index in [0.29, 0.717) is 6.61 Å². The lowest BCUT2D eigenvalue weighted by atomic mass is 10.2. The van der Waals surface area contributed by atoms with Gasteiger partial charge in [0.2, 0.25) is 0 Å². The van der Waals surface area contributed by atoms with Gasteiger partial charge in [0.15, 0.2) is 0 Å². The van der Waals surface area contributed by atoms with Crippen LogP contribution in [0.2, 0.25) is 0 Å². The van der Waals surface area contributed by atoms with Crippen LogP contribution in [0.5, 0.6) is 0 Å². The largest absolute Gasteiger partial charge is 0.396 e. The minimum Gasteiger partial charge on any atom is -0.396 e. The van der Waals surface area contributed by atoms with Gasteiger partial charge in [-0.25, -0.2) is 0 Å². The third kappa shape index (κ3) is 10.2. The summed E-state index contributed by atoms with van der Waals surface area (Å²) in [6.45, 7) is 4.13. The highest BCUT2D eigenvalue weighted by Gasteiger charge is 1.94. The molecule has 0 rings (SSSR count). The number of rotatable bonds is 10. The topological polar surface area (TPSA) is 49.3 Å². The summed E-state index contributed by atoms with van der Waals surface area (Å²) in [6, 6.07) is 0. The molecule has 0 saturated carbocycles. The Morgan fingerprint density at radius 3 is 2.50 bits per heavy atom. The summed E-state index contributed by atoms with van der Waals surface area (Å²) in [7, 11) is -0.633. The molecule has 0 aromatic rings. The Morgan fingerprint density at radius 1 is 1.14 bits per heavy atom. The molecule has 0 fully saturated rings. The molecule has 14 heavy (non-hydrogen) atoms. The van der Waals surface area contributed by atoms with E-state index in [1.165, 1.54) is 6.42 Å². The van der Waals surface area contributed by atoms with Gasteiger partial charge < -0.3 is 10.4 Å². The van der Waals surface area contributed by atoms with Crippen molar-refractivity contribution in [2.24, 2.45) is 0 Å². The van der Waals surface area contributed by atoms with Crippen LogP contribution in [0.25, 0.3) is 0 Å². The predicted octanol–water partition coefficient (Wildman–Crippen LogP) is 0.897. The molecule has 1 unspecified atom stereocenters. The van der Waals surface area contributed by atoms with E-state index in [2.05, 4.69) is 5.32 Å². The van der Waals surface area contributed by atoms with E-state index in [1.807, 2.05) is 6.92 Å². The SMILES string of the molecule is CCS(=O)CCNCCCCCCO. The van der Waals surface area contributed by atoms with E-state index >= 15 is 0 Å². The van der Waals surface area contributed by atoms with Crippen LogP contribution in [-0.2, 0) is 10.8 Å². The van der Waals surface area contributed by atoms with Crippen molar-refractivity contribution >= 4 is 10.8 Å². The molecule has 0 aliphatic rings. The third-order valence-electron chi connectivity index (χ3n) is 2.09. The van der Waals surface area contributed by atoms with Crippen molar-refractivity contribution in [3.05, 3.63) is 0 Å². The quantitative estimate of drug-likeness (QED) is 0.539. The summed E-state index contributed by atoms with van der Waals surface area (Å²) in [6.07, 6.45) is 4.35. The first kappa shape index (κ1) is 14.1. The molecule has 0 amide bonds. The number of nitrogens with one attached hydrogen (secondary N) is 1. The van der Waals surface area contributed by atoms with Crippen molar-refractivity contribution in [2.75, 3.05) is 31.2 Å². The molecule has 86 valence electrons. The van der Waals surface area contributed by atoms with Gasteiger partial charge in [0.05, 0.1) is 0 Å². The van der Waals surface area contributed by atoms with Crippen molar-refractivity contribution in [3.8, 4) is 0 Å². The smallest absolute Gasteiger partial charge is 0.0431 e. The molecule has 0 aromatic heterocycles. The molecule has 1 atom stereocenters. The summed E-state index contributed by atoms with van der Waals surface area (Å²) in [5, 5.41) is 11.8. The molecule has 2 N–H and O–H groups in total. The summed E-state index contributed by atoms with van der Waals surface area (Å²) in [5.41, 5.74) is 0. The van der Waals surface area contributed by atoms with Crippen molar-refractivity contribution in [3.63, 3.8) is 0 Å². The van der Waals surface area contributed by atoms with Crippen LogP contribution in [-0.4, -0.2) is 40.5 Å². The number of unbranched alkanes of at least 4 members (excludes halogenated alkanes) is 3. The normalized spacial score (nSPS) is 13.0. The van der Waals surface area contributed by atoms with E-state index in [4.69, 9.17) is 5.11 Å². The van der Waals surface area contributed by atoms with E-state index in [-0.39, 0.29) is 0 Å². The minimum absolute atomic E-state index is 0.308. The Bertz CT molecular complexity index is 142. The molecule has 0 aliphatic carbocycles. The van der Waals surface area contributed by atoms with Gasteiger partial charge in [-0.1, -0.05) is 19.8 Å². The minimum atomic E-state index is -0.633. The fourth-order valence-electron chi connectivity index (χ4n) is 1.17. The molecule has 0 spiro atoms. The van der Waals surface area contributed by atoms with Gasteiger partial charge in [-0.2, -0.15) is 0 Å². The lowest BCUT2D eigenvalue weighted by Gasteiger charge is -2.03. The number of hydrogen-bond donors (Lipinski definition) is 2. The molecule has 0 aromatic carbocycles. The molecule has 0 heterocycles. The summed E-state index contributed by atoms with van der Waals surface area (Å²) in [5.74, 6) is 1.53. The van der Waals surface area contributed by atoms with Gasteiger partial charge in [0.25, 0.3) is 0 Å². The van der Waals surface area contributed by atoms with Crippen molar-refractivity contribution in [1.29, 1.82) is 0 Å². The highest BCUT2D eigenvalue weighted by Crippen LogP contribution is 1.97. The Hall–Kier alpha value is 0.0700. The number of hydrogen-bond acceptors (Lipinski definition) is 3. The average molecular weight is 221 g/mol. The van der Waals surface area contributed by atoms with Crippen molar-refractivity contribution in [2.45, 2.75) is 32.6 Å². The van der Waals surface area contributed by atoms with Crippen LogP contribution >= 0.6 is 0 Å². The van der Waals surface area contributed by atoms with E-state index in [9.17, 15) is 4.21 Å². The van der Waals surface area contributed by atoms with E-state index in [0.717, 1.165) is 43.9 Å². The van der Waals surface area contributed by atoms with E-state index < -0.39 is 10.8 Å². The standard InChI is InChI=1S/C10H23NO2S/c1-2-14(13)10-8-11-7-5-3-4-6-9-12/h11-12H,2-10H2,1H3. The third-order valence-corrected chi connectivity index (χ3v) is 3.39. The highest BCUT2D eigenvalue weighted by atomic mass is 32.2. The zero-order chi connectivity index (χ0) is 10.6. The van der Waals surface area contributed by atoms with E-state index in [1.54, 1.807) is 0 Å². The van der Waals surface area contributed by atoms with Gasteiger partial charge >= 0.3 is 0 Å². The van der Waals surface area contributed by atoms with Gasteiger partial charge in [-0.05, 0) is 19.4 Å². The maximum Gasteiger partial charge on any atom is 0.0431 e. The molecule has 3 nitrogen and oxygen atoms in total. The zero-order valence-electron chi connectivity index (χ0n) is 9.13. The van der Waals surface area contributed by atoms with Crippen LogP contribution in [0.4, 0.5) is 0 Å². The van der Waals surface area contributed by atoms with Gasteiger partial charge in [0, 0.05) is 35.5 Å². The highest BCUT2D eigenvalue weighted by molar-refractivity contribution is 7.84. The summed E-state index contributed by atoms with van der Waals surface area (Å²) >= 11 is 0. The number of aliphatic hydroxyl groups excluding tert-OH is 1. The van der Waals surface area contributed by atoms with Crippen molar-refractivity contribution < 1.29 is 9.32 Å². The molecule has 0 aliphatic heterocycles. The fraction of sp³-hybridized carbons (Fsp3) is 1.00. The lowest BCUT2D eigenvalue weighted by molar-refractivity contribution is 0.282. The second-order valence-electron chi connectivity index (χ2n) is 3.32. The zero-order valence-corrected chi connectivity index (χ0v) is 9.94. The molecule has 0 saturated heterocycles. The van der Waals surface area contributed by atoms with Gasteiger partial charge in [-0.3, -0.25) is 4.21 Å². The first-order valence-corrected chi connectivity index (χ1v) is 6.96. The second-order valence-corrected chi connectivity index (χ2v) is 5.19. The van der Waals surface area contributed by atoms with Crippen LogP contribution < -0.4 is 5.32 Å². The molecular weight excluding hydrogens is 198 g/mol. The molecule has 4 heteroatoms. The van der Waals surface area contributed by atoms with Crippen LogP contribution in [0.1, 0.15) is 32.6 Å². The van der Waals surface area contributed by atoms with Crippen LogP contribution in [0.3, 0.4) is 0 Å². The molecule has 0 bridgehead atoms. The monoisotopic (exact) mass is 221 g/mol. The van der Waals surface area contributed by atoms with Gasteiger partial charge in [0.1, 0.15) is 0 Å². The summed E-state index contributed by atoms with van der Waals surface area (Å²) < 4.78 is 11.0. The molecule has 0 radical (unpaired) electrons. The first-order valence-electron chi connectivity index (χ1n) is 5.47. The fourth-order valence-corrected chi connectivity index (χ4v) is 1.83. The predicted molar refractivity (Wildman–Crippen MR) is 62.0 cm³/mol. The van der Waals surface area contributed by atoms with Gasteiger partial charge in [-0.15, -0.1) is 0 Å². The average Bonchev–Trinajstić information content (AvgIpc) is 2.21. The summed E-state index contributed by atoms with van der Waals surface area (Å²) in [4.78, 5) is 0. The van der Waals surface area contributed by atoms with Crippen LogP contribution in [0, 0.1) is 0 Å². The Labute approximate surface area is 89.7 Å². The Balaban J connectivity index is 2.95. The number of aliphatic hydroxyl groups is 1. The second kappa shape index (κ2) is 11.1. The van der Waals surface area contributed by atoms with Crippen molar-refractivity contribution in [1.82, 2.24) is 5.32 Å². The maximum absolute atomic E-state index is 11.0. The maximum atomic E-state index is 11.0. The Kier molecular flexibility index (Phi) is 11.2.